The molecule has 0 heterocycles. The monoisotopic (exact) mass is 218 g/mol. The van der Waals surface area contributed by atoms with Gasteiger partial charge in [-0.1, -0.05) is 30.6 Å². The Kier molecular flexibility index (Phi) is 6.69. The standard InChI is InChI=1S/C15H22O/c1-3-12-16-13-8-4-5-10-15-11-7-6-9-14(15)2/h3,15H,1-2,5-7,9-13H2. The van der Waals surface area contributed by atoms with E-state index in [2.05, 4.69) is 25.0 Å². The van der Waals surface area contributed by atoms with Crippen LogP contribution >= 0.6 is 0 Å². The highest BCUT2D eigenvalue weighted by molar-refractivity contribution is 5.06. The maximum atomic E-state index is 5.19. The molecule has 0 N–H and O–H groups in total. The Morgan fingerprint density at radius 3 is 3.00 bits per heavy atom. The quantitative estimate of drug-likeness (QED) is 0.388. The van der Waals surface area contributed by atoms with Crippen molar-refractivity contribution in [3.05, 3.63) is 24.8 Å². The normalized spacial score (nSPS) is 20.0. The van der Waals surface area contributed by atoms with Gasteiger partial charge in [0.2, 0.25) is 0 Å². The molecule has 1 saturated carbocycles. The van der Waals surface area contributed by atoms with Crippen LogP contribution in [0.2, 0.25) is 0 Å². The van der Waals surface area contributed by atoms with Gasteiger partial charge in [-0.05, 0) is 31.6 Å². The van der Waals surface area contributed by atoms with Crippen molar-refractivity contribution in [2.24, 2.45) is 5.92 Å². The zero-order valence-corrected chi connectivity index (χ0v) is 10.1. The molecule has 1 aliphatic carbocycles. The van der Waals surface area contributed by atoms with Gasteiger partial charge in [0.05, 0.1) is 6.61 Å². The summed E-state index contributed by atoms with van der Waals surface area (Å²) in [7, 11) is 0. The van der Waals surface area contributed by atoms with Crippen molar-refractivity contribution in [2.45, 2.75) is 38.5 Å². The molecular weight excluding hydrogens is 196 g/mol. The van der Waals surface area contributed by atoms with Crippen LogP contribution in [0, 0.1) is 17.8 Å². The Bertz CT molecular complexity index is 280. The average molecular weight is 218 g/mol. The summed E-state index contributed by atoms with van der Waals surface area (Å²) in [5.41, 5.74) is 1.44. The van der Waals surface area contributed by atoms with Gasteiger partial charge in [-0.3, -0.25) is 0 Å². The van der Waals surface area contributed by atoms with Crippen molar-refractivity contribution in [1.82, 2.24) is 0 Å². The molecule has 1 atom stereocenters. The Labute approximate surface area is 99.6 Å². The van der Waals surface area contributed by atoms with Crippen molar-refractivity contribution < 1.29 is 4.74 Å². The Morgan fingerprint density at radius 1 is 1.38 bits per heavy atom. The van der Waals surface area contributed by atoms with E-state index in [1.165, 1.54) is 37.7 Å². The van der Waals surface area contributed by atoms with Crippen LogP contribution in [0.3, 0.4) is 0 Å². The number of ether oxygens (including phenoxy) is 1. The fourth-order valence-electron chi connectivity index (χ4n) is 2.08. The van der Waals surface area contributed by atoms with E-state index in [-0.39, 0.29) is 0 Å². The van der Waals surface area contributed by atoms with E-state index in [9.17, 15) is 0 Å². The summed E-state index contributed by atoms with van der Waals surface area (Å²) >= 11 is 0. The molecule has 0 aromatic rings. The first kappa shape index (κ1) is 13.1. The van der Waals surface area contributed by atoms with Gasteiger partial charge in [0.15, 0.2) is 0 Å². The largest absolute Gasteiger partial charge is 0.365 e. The predicted octanol–water partition coefficient (Wildman–Crippen LogP) is 3.72. The Hall–Kier alpha value is -1.00. The first-order valence-electron chi connectivity index (χ1n) is 6.16. The molecule has 1 aliphatic rings. The molecule has 0 saturated heterocycles. The molecule has 1 fully saturated rings. The zero-order chi connectivity index (χ0) is 11.6. The van der Waals surface area contributed by atoms with Crippen molar-refractivity contribution in [1.29, 1.82) is 0 Å². The number of rotatable bonds is 5. The Balaban J connectivity index is 2.09. The molecule has 0 aliphatic heterocycles. The van der Waals surface area contributed by atoms with Gasteiger partial charge >= 0.3 is 0 Å². The SMILES string of the molecule is C=CCOCC#CCCC1CCCCC1=C. The minimum atomic E-state index is 0.525. The van der Waals surface area contributed by atoms with Crippen molar-refractivity contribution >= 4 is 0 Å². The van der Waals surface area contributed by atoms with Crippen LogP contribution in [-0.2, 0) is 4.74 Å². The minimum absolute atomic E-state index is 0.525. The molecule has 1 rings (SSSR count). The maximum absolute atomic E-state index is 5.19. The van der Waals surface area contributed by atoms with Gasteiger partial charge in [-0.25, -0.2) is 0 Å². The molecule has 1 heteroatoms. The summed E-state index contributed by atoms with van der Waals surface area (Å²) in [5.74, 6) is 6.91. The van der Waals surface area contributed by atoms with E-state index in [0.717, 1.165) is 12.3 Å². The lowest BCUT2D eigenvalue weighted by molar-refractivity contribution is 0.199. The van der Waals surface area contributed by atoms with Gasteiger partial charge in [-0.15, -0.1) is 12.5 Å². The second-order valence-electron chi connectivity index (χ2n) is 4.30. The summed E-state index contributed by atoms with van der Waals surface area (Å²) < 4.78 is 5.19. The molecule has 1 unspecified atom stereocenters. The van der Waals surface area contributed by atoms with Crippen LogP contribution in [0.15, 0.2) is 24.8 Å². The number of allylic oxidation sites excluding steroid dienone is 1. The minimum Gasteiger partial charge on any atom is -0.365 e. The average Bonchev–Trinajstić information content (AvgIpc) is 2.30. The molecule has 0 radical (unpaired) electrons. The van der Waals surface area contributed by atoms with Crippen LogP contribution in [0.25, 0.3) is 0 Å². The lowest BCUT2D eigenvalue weighted by Gasteiger charge is -2.23. The van der Waals surface area contributed by atoms with E-state index in [4.69, 9.17) is 4.74 Å². The highest BCUT2D eigenvalue weighted by Gasteiger charge is 2.15. The van der Waals surface area contributed by atoms with Gasteiger partial charge in [0.1, 0.15) is 6.61 Å². The summed E-state index contributed by atoms with van der Waals surface area (Å²) in [6, 6.07) is 0. The summed E-state index contributed by atoms with van der Waals surface area (Å²) in [6.07, 6.45) is 9.12. The predicted molar refractivity (Wildman–Crippen MR) is 69.1 cm³/mol. The first-order valence-corrected chi connectivity index (χ1v) is 6.16. The van der Waals surface area contributed by atoms with E-state index in [1.54, 1.807) is 6.08 Å². The summed E-state index contributed by atoms with van der Waals surface area (Å²) in [4.78, 5) is 0. The highest BCUT2D eigenvalue weighted by atomic mass is 16.5. The second-order valence-corrected chi connectivity index (χ2v) is 4.30. The van der Waals surface area contributed by atoms with E-state index in [1.807, 2.05) is 0 Å². The fraction of sp³-hybridized carbons (Fsp3) is 0.600. The first-order chi connectivity index (χ1) is 7.84. The number of hydrogen-bond donors (Lipinski definition) is 0. The lowest BCUT2D eigenvalue weighted by Crippen LogP contribution is -2.08. The summed E-state index contributed by atoms with van der Waals surface area (Å²) in [6.45, 7) is 8.85. The number of hydrogen-bond acceptors (Lipinski definition) is 1. The van der Waals surface area contributed by atoms with Crippen molar-refractivity contribution in [3.8, 4) is 11.8 Å². The molecule has 88 valence electrons. The van der Waals surface area contributed by atoms with Crippen molar-refractivity contribution in [3.63, 3.8) is 0 Å². The van der Waals surface area contributed by atoms with Crippen LogP contribution in [0.4, 0.5) is 0 Å². The molecular formula is C15H22O. The zero-order valence-electron chi connectivity index (χ0n) is 10.1. The smallest absolute Gasteiger partial charge is 0.108 e. The molecule has 1 nitrogen and oxygen atoms in total. The molecule has 0 aromatic carbocycles. The molecule has 0 spiro atoms. The topological polar surface area (TPSA) is 9.23 Å². The fourth-order valence-corrected chi connectivity index (χ4v) is 2.08. The van der Waals surface area contributed by atoms with Crippen LogP contribution in [0.1, 0.15) is 38.5 Å². The Morgan fingerprint density at radius 2 is 2.25 bits per heavy atom. The molecule has 16 heavy (non-hydrogen) atoms. The molecule has 0 bridgehead atoms. The van der Waals surface area contributed by atoms with Crippen LogP contribution < -0.4 is 0 Å². The second kappa shape index (κ2) is 8.19. The third-order valence-electron chi connectivity index (χ3n) is 3.03. The van der Waals surface area contributed by atoms with Gasteiger partial charge in [0, 0.05) is 6.42 Å². The summed E-state index contributed by atoms with van der Waals surface area (Å²) in [5, 5.41) is 0. The van der Waals surface area contributed by atoms with Crippen LogP contribution in [-0.4, -0.2) is 13.2 Å². The van der Waals surface area contributed by atoms with Gasteiger partial charge in [0.25, 0.3) is 0 Å². The maximum Gasteiger partial charge on any atom is 0.108 e. The van der Waals surface area contributed by atoms with E-state index >= 15 is 0 Å². The molecule has 0 amide bonds. The van der Waals surface area contributed by atoms with Crippen LogP contribution in [0.5, 0.6) is 0 Å². The van der Waals surface area contributed by atoms with E-state index in [0.29, 0.717) is 13.2 Å². The van der Waals surface area contributed by atoms with E-state index < -0.39 is 0 Å². The molecule has 0 aromatic heterocycles. The van der Waals surface area contributed by atoms with Crippen molar-refractivity contribution in [2.75, 3.05) is 13.2 Å². The third-order valence-corrected chi connectivity index (χ3v) is 3.03. The van der Waals surface area contributed by atoms with Gasteiger partial charge < -0.3 is 4.74 Å². The highest BCUT2D eigenvalue weighted by Crippen LogP contribution is 2.30. The third kappa shape index (κ3) is 5.19. The van der Waals surface area contributed by atoms with Gasteiger partial charge in [-0.2, -0.15) is 0 Å². The lowest BCUT2D eigenvalue weighted by atomic mass is 9.82.